The lowest BCUT2D eigenvalue weighted by atomic mass is 10.0. The van der Waals surface area contributed by atoms with Gasteiger partial charge in [0.05, 0.1) is 13.7 Å². The van der Waals surface area contributed by atoms with Gasteiger partial charge in [-0.05, 0) is 44.5 Å². The quantitative estimate of drug-likeness (QED) is 0.745. The number of carboxylic acids is 1. The smallest absolute Gasteiger partial charge is 0.329 e. The Morgan fingerprint density at radius 1 is 1.18 bits per heavy atom. The number of amides is 1. The molecule has 0 bridgehead atoms. The molecule has 0 unspecified atom stereocenters. The van der Waals surface area contributed by atoms with Gasteiger partial charge in [-0.25, -0.2) is 4.79 Å². The minimum absolute atomic E-state index is 0.217. The number of methoxy groups -OCH3 is 1. The number of benzene rings is 1. The van der Waals surface area contributed by atoms with Crippen LogP contribution in [0.3, 0.4) is 0 Å². The Balaban J connectivity index is 2.37. The number of carbonyl (C=O) groups excluding carboxylic acids is 1. The SMILES string of the molecule is COc1ccc(OCCCC(=O)N(C)C(C)(C)C(=O)O)cc1. The van der Waals surface area contributed by atoms with Crippen LogP contribution in [0.2, 0.25) is 0 Å². The van der Waals surface area contributed by atoms with Crippen LogP contribution in [0.5, 0.6) is 11.5 Å². The molecule has 0 spiro atoms. The highest BCUT2D eigenvalue weighted by Gasteiger charge is 2.34. The monoisotopic (exact) mass is 309 g/mol. The number of hydrogen-bond acceptors (Lipinski definition) is 4. The highest BCUT2D eigenvalue weighted by atomic mass is 16.5. The number of carbonyl (C=O) groups is 2. The second-order valence-corrected chi connectivity index (χ2v) is 5.44. The summed E-state index contributed by atoms with van der Waals surface area (Å²) in [6.07, 6.45) is 0.758. The van der Waals surface area contributed by atoms with E-state index in [4.69, 9.17) is 14.6 Å². The van der Waals surface area contributed by atoms with Crippen molar-refractivity contribution in [3.63, 3.8) is 0 Å². The number of carboxylic acid groups (broad SMARTS) is 1. The summed E-state index contributed by atoms with van der Waals surface area (Å²) in [5.41, 5.74) is -1.21. The Hall–Kier alpha value is -2.24. The Morgan fingerprint density at radius 2 is 1.73 bits per heavy atom. The fourth-order valence-corrected chi connectivity index (χ4v) is 1.71. The number of likely N-dealkylation sites (N-methyl/N-ethyl adjacent to an activating group) is 1. The first-order valence-corrected chi connectivity index (χ1v) is 7.06. The highest BCUT2D eigenvalue weighted by Crippen LogP contribution is 2.18. The molecule has 0 aliphatic rings. The molecule has 122 valence electrons. The maximum Gasteiger partial charge on any atom is 0.329 e. The van der Waals surface area contributed by atoms with E-state index in [9.17, 15) is 9.59 Å². The summed E-state index contributed by atoms with van der Waals surface area (Å²) < 4.78 is 10.6. The molecule has 1 aromatic rings. The zero-order valence-corrected chi connectivity index (χ0v) is 13.5. The molecule has 0 heterocycles. The summed E-state index contributed by atoms with van der Waals surface area (Å²) >= 11 is 0. The largest absolute Gasteiger partial charge is 0.497 e. The van der Waals surface area contributed by atoms with E-state index in [2.05, 4.69) is 0 Å². The summed E-state index contributed by atoms with van der Waals surface area (Å²) in [5, 5.41) is 9.09. The lowest BCUT2D eigenvalue weighted by Gasteiger charge is -2.31. The minimum Gasteiger partial charge on any atom is -0.497 e. The van der Waals surface area contributed by atoms with Crippen LogP contribution in [0.1, 0.15) is 26.7 Å². The molecule has 1 amide bonds. The van der Waals surface area contributed by atoms with Crippen molar-refractivity contribution < 1.29 is 24.2 Å². The van der Waals surface area contributed by atoms with Gasteiger partial charge in [-0.1, -0.05) is 0 Å². The normalized spacial score (nSPS) is 10.9. The zero-order valence-electron chi connectivity index (χ0n) is 13.5. The molecule has 1 N–H and O–H groups in total. The van der Waals surface area contributed by atoms with Gasteiger partial charge in [-0.2, -0.15) is 0 Å². The third kappa shape index (κ3) is 4.65. The van der Waals surface area contributed by atoms with Gasteiger partial charge >= 0.3 is 5.97 Å². The third-order valence-corrected chi connectivity index (χ3v) is 3.60. The van der Waals surface area contributed by atoms with E-state index in [1.807, 2.05) is 0 Å². The van der Waals surface area contributed by atoms with Gasteiger partial charge in [0.2, 0.25) is 5.91 Å². The molecule has 0 aliphatic heterocycles. The van der Waals surface area contributed by atoms with Gasteiger partial charge < -0.3 is 19.5 Å². The molecule has 1 rings (SSSR count). The molecule has 0 aliphatic carbocycles. The molecule has 0 radical (unpaired) electrons. The molecular weight excluding hydrogens is 286 g/mol. The lowest BCUT2D eigenvalue weighted by molar-refractivity contribution is -0.155. The van der Waals surface area contributed by atoms with Crippen LogP contribution in [-0.4, -0.2) is 48.2 Å². The van der Waals surface area contributed by atoms with E-state index in [0.717, 1.165) is 5.75 Å². The Kier molecular flexibility index (Phi) is 6.22. The van der Waals surface area contributed by atoms with Crippen LogP contribution in [-0.2, 0) is 9.59 Å². The maximum absolute atomic E-state index is 12.0. The molecule has 0 saturated heterocycles. The van der Waals surface area contributed by atoms with Crippen LogP contribution in [0, 0.1) is 0 Å². The van der Waals surface area contributed by atoms with E-state index >= 15 is 0 Å². The van der Waals surface area contributed by atoms with E-state index in [1.165, 1.54) is 25.8 Å². The highest BCUT2D eigenvalue weighted by molar-refractivity contribution is 5.86. The van der Waals surface area contributed by atoms with Crippen molar-refractivity contribution in [2.24, 2.45) is 0 Å². The van der Waals surface area contributed by atoms with Crippen LogP contribution < -0.4 is 9.47 Å². The van der Waals surface area contributed by atoms with E-state index in [0.29, 0.717) is 18.8 Å². The fraction of sp³-hybridized carbons (Fsp3) is 0.500. The second kappa shape index (κ2) is 7.68. The second-order valence-electron chi connectivity index (χ2n) is 5.44. The van der Waals surface area contributed by atoms with Gasteiger partial charge in [-0.3, -0.25) is 4.79 Å². The van der Waals surface area contributed by atoms with E-state index in [-0.39, 0.29) is 12.3 Å². The van der Waals surface area contributed by atoms with Crippen molar-refractivity contribution in [3.8, 4) is 11.5 Å². The van der Waals surface area contributed by atoms with Gasteiger partial charge in [-0.15, -0.1) is 0 Å². The topological polar surface area (TPSA) is 76.1 Å². The molecular formula is C16H23NO5. The summed E-state index contributed by atoms with van der Waals surface area (Å²) in [6.45, 7) is 3.39. The molecule has 0 saturated carbocycles. The average molecular weight is 309 g/mol. The van der Waals surface area contributed by atoms with Crippen LogP contribution in [0.4, 0.5) is 0 Å². The number of nitrogens with zero attached hydrogens (tertiary/aromatic N) is 1. The third-order valence-electron chi connectivity index (χ3n) is 3.60. The summed E-state index contributed by atoms with van der Waals surface area (Å²) in [5.74, 6) is 0.205. The lowest BCUT2D eigenvalue weighted by Crippen LogP contribution is -2.50. The van der Waals surface area contributed by atoms with Gasteiger partial charge in [0, 0.05) is 13.5 Å². The van der Waals surface area contributed by atoms with E-state index in [1.54, 1.807) is 31.4 Å². The standard InChI is InChI=1S/C16H23NO5/c1-16(2,15(19)20)17(3)14(18)6-5-11-22-13-9-7-12(21-4)8-10-13/h7-10H,5-6,11H2,1-4H3,(H,19,20). The van der Waals surface area contributed by atoms with Crippen molar-refractivity contribution in [1.29, 1.82) is 0 Å². The van der Waals surface area contributed by atoms with Gasteiger partial charge in [0.15, 0.2) is 0 Å². The number of hydrogen-bond donors (Lipinski definition) is 1. The van der Waals surface area contributed by atoms with Crippen LogP contribution >= 0.6 is 0 Å². The molecule has 1 aromatic carbocycles. The first kappa shape index (κ1) is 17.8. The van der Waals surface area contributed by atoms with Crippen LogP contribution in [0.15, 0.2) is 24.3 Å². The summed E-state index contributed by atoms with van der Waals surface area (Å²) in [4.78, 5) is 24.3. The number of aliphatic carboxylic acids is 1. The number of ether oxygens (including phenoxy) is 2. The van der Waals surface area contributed by atoms with Crippen molar-refractivity contribution in [1.82, 2.24) is 4.90 Å². The first-order chi connectivity index (χ1) is 10.3. The minimum atomic E-state index is -1.21. The Morgan fingerprint density at radius 3 is 2.23 bits per heavy atom. The predicted octanol–water partition coefficient (Wildman–Crippen LogP) is 2.18. The molecule has 0 fully saturated rings. The van der Waals surface area contributed by atoms with Crippen molar-refractivity contribution in [2.45, 2.75) is 32.2 Å². The van der Waals surface area contributed by atoms with E-state index < -0.39 is 11.5 Å². The van der Waals surface area contributed by atoms with Crippen LogP contribution in [0.25, 0.3) is 0 Å². The molecule has 6 nitrogen and oxygen atoms in total. The van der Waals surface area contributed by atoms with Gasteiger partial charge in [0.1, 0.15) is 17.0 Å². The molecule has 0 aromatic heterocycles. The Bertz CT molecular complexity index is 510. The predicted molar refractivity (Wildman–Crippen MR) is 82.2 cm³/mol. The van der Waals surface area contributed by atoms with Crippen molar-refractivity contribution >= 4 is 11.9 Å². The fourth-order valence-electron chi connectivity index (χ4n) is 1.71. The first-order valence-electron chi connectivity index (χ1n) is 7.06. The van der Waals surface area contributed by atoms with Crippen molar-refractivity contribution in [2.75, 3.05) is 20.8 Å². The summed E-state index contributed by atoms with van der Waals surface area (Å²) in [7, 11) is 3.09. The average Bonchev–Trinajstić information content (AvgIpc) is 2.50. The van der Waals surface area contributed by atoms with Gasteiger partial charge in [0.25, 0.3) is 0 Å². The van der Waals surface area contributed by atoms with Crippen molar-refractivity contribution in [3.05, 3.63) is 24.3 Å². The molecule has 22 heavy (non-hydrogen) atoms. The molecule has 0 atom stereocenters. The summed E-state index contributed by atoms with van der Waals surface area (Å²) in [6, 6.07) is 7.17. The molecule has 6 heteroatoms. The number of rotatable bonds is 8. The zero-order chi connectivity index (χ0) is 16.8. The maximum atomic E-state index is 12.0. The Labute approximate surface area is 130 Å².